The zero-order valence-electron chi connectivity index (χ0n) is 10.2. The van der Waals surface area contributed by atoms with E-state index in [-0.39, 0.29) is 18.8 Å². The molecule has 0 fully saturated rings. The molecule has 0 radical (unpaired) electrons. The highest BCUT2D eigenvalue weighted by Gasteiger charge is 2.19. The van der Waals surface area contributed by atoms with Crippen LogP contribution < -0.4 is 4.90 Å². The molecule has 0 aliphatic rings. The minimum atomic E-state index is -0.696. The summed E-state index contributed by atoms with van der Waals surface area (Å²) < 4.78 is 5.57. The van der Waals surface area contributed by atoms with Gasteiger partial charge < -0.3 is 14.7 Å². The van der Waals surface area contributed by atoms with Crippen LogP contribution in [0.5, 0.6) is 0 Å². The van der Waals surface area contributed by atoms with Gasteiger partial charge in [0, 0.05) is 31.2 Å². The topological polar surface area (TPSA) is 75.8 Å². The van der Waals surface area contributed by atoms with E-state index in [1.807, 2.05) is 0 Å². The first-order valence-corrected chi connectivity index (χ1v) is 6.07. The number of benzene rings is 1. The smallest absolute Gasteiger partial charge is 0.292 e. The third-order valence-corrected chi connectivity index (χ3v) is 2.88. The fourth-order valence-corrected chi connectivity index (χ4v) is 1.97. The van der Waals surface area contributed by atoms with Crippen LogP contribution in [0.25, 0.3) is 0 Å². The normalized spacial score (nSPS) is 12.2. The maximum atomic E-state index is 10.9. The molecule has 0 spiro atoms. The lowest BCUT2D eigenvalue weighted by molar-refractivity contribution is -0.384. The van der Waals surface area contributed by atoms with Crippen molar-refractivity contribution in [2.45, 2.75) is 6.10 Å². The Labute approximate surface area is 113 Å². The number of nitro groups is 1. The molecule has 0 heterocycles. The number of anilines is 1. The number of nitrogens with zero attached hydrogens (tertiary/aromatic N) is 2. The largest absolute Gasteiger partial charge is 0.389 e. The maximum Gasteiger partial charge on any atom is 0.292 e. The third-order valence-electron chi connectivity index (χ3n) is 2.39. The van der Waals surface area contributed by atoms with E-state index in [1.165, 1.54) is 13.2 Å². The molecule has 18 heavy (non-hydrogen) atoms. The van der Waals surface area contributed by atoms with Gasteiger partial charge in [0.1, 0.15) is 5.69 Å². The number of rotatable bonds is 6. The molecular weight excluding hydrogens is 304 g/mol. The van der Waals surface area contributed by atoms with Gasteiger partial charge in [-0.3, -0.25) is 10.1 Å². The van der Waals surface area contributed by atoms with Gasteiger partial charge in [-0.05, 0) is 12.1 Å². The van der Waals surface area contributed by atoms with Crippen molar-refractivity contribution in [2.75, 3.05) is 32.2 Å². The minimum Gasteiger partial charge on any atom is -0.389 e. The second kappa shape index (κ2) is 6.67. The Hall–Kier alpha value is -1.18. The average molecular weight is 319 g/mol. The minimum absolute atomic E-state index is 0.00492. The molecule has 0 aliphatic carbocycles. The van der Waals surface area contributed by atoms with Crippen molar-refractivity contribution in [2.24, 2.45) is 0 Å². The highest BCUT2D eigenvalue weighted by atomic mass is 79.9. The number of aliphatic hydroxyl groups is 1. The average Bonchev–Trinajstić information content (AvgIpc) is 2.28. The van der Waals surface area contributed by atoms with Gasteiger partial charge in [-0.1, -0.05) is 15.9 Å². The van der Waals surface area contributed by atoms with E-state index in [9.17, 15) is 15.2 Å². The molecule has 0 saturated heterocycles. The van der Waals surface area contributed by atoms with Crippen LogP contribution in [0.15, 0.2) is 22.7 Å². The zero-order valence-corrected chi connectivity index (χ0v) is 11.8. The van der Waals surface area contributed by atoms with Gasteiger partial charge in [0.05, 0.1) is 17.6 Å². The van der Waals surface area contributed by atoms with Crippen molar-refractivity contribution in [1.29, 1.82) is 0 Å². The first-order valence-electron chi connectivity index (χ1n) is 5.27. The van der Waals surface area contributed by atoms with Crippen molar-refractivity contribution >= 4 is 27.3 Å². The van der Waals surface area contributed by atoms with E-state index < -0.39 is 11.0 Å². The van der Waals surface area contributed by atoms with Crippen LogP contribution in [-0.4, -0.2) is 43.4 Å². The molecule has 0 aliphatic heterocycles. The van der Waals surface area contributed by atoms with Crippen LogP contribution >= 0.6 is 15.9 Å². The fourth-order valence-electron chi connectivity index (χ4n) is 1.62. The van der Waals surface area contributed by atoms with Crippen molar-refractivity contribution < 1.29 is 14.8 Å². The molecule has 1 aromatic carbocycles. The lowest BCUT2D eigenvalue weighted by atomic mass is 10.2. The van der Waals surface area contributed by atoms with Gasteiger partial charge in [0.25, 0.3) is 5.69 Å². The van der Waals surface area contributed by atoms with E-state index in [0.717, 1.165) is 4.47 Å². The summed E-state index contributed by atoms with van der Waals surface area (Å²) in [7, 11) is 3.18. The standard InChI is InChI=1S/C11H15BrN2O4/c1-13(6-9(15)7-18-2)11-5-8(12)3-4-10(11)14(16)17/h3-5,9,15H,6-7H2,1-2H3. The summed E-state index contributed by atoms with van der Waals surface area (Å²) in [5, 5.41) is 20.6. The van der Waals surface area contributed by atoms with E-state index in [2.05, 4.69) is 15.9 Å². The SMILES string of the molecule is COCC(O)CN(C)c1cc(Br)ccc1[N+](=O)[O-]. The van der Waals surface area contributed by atoms with Crippen molar-refractivity contribution in [3.63, 3.8) is 0 Å². The number of aliphatic hydroxyl groups excluding tert-OH is 1. The second-order valence-electron chi connectivity index (χ2n) is 3.88. The summed E-state index contributed by atoms with van der Waals surface area (Å²) in [6.45, 7) is 0.442. The monoisotopic (exact) mass is 318 g/mol. The number of halogens is 1. The van der Waals surface area contributed by atoms with Gasteiger partial charge in [0.15, 0.2) is 0 Å². The van der Waals surface area contributed by atoms with Gasteiger partial charge in [-0.15, -0.1) is 0 Å². The summed E-state index contributed by atoms with van der Waals surface area (Å²) in [6.07, 6.45) is -0.696. The molecule has 100 valence electrons. The van der Waals surface area contributed by atoms with Crippen LogP contribution in [-0.2, 0) is 4.74 Å². The Morgan fingerprint density at radius 2 is 2.28 bits per heavy atom. The number of ether oxygens (including phenoxy) is 1. The molecule has 1 aromatic rings. The third kappa shape index (κ3) is 3.94. The van der Waals surface area contributed by atoms with Gasteiger partial charge in [-0.2, -0.15) is 0 Å². The summed E-state index contributed by atoms with van der Waals surface area (Å²) in [5.74, 6) is 0. The van der Waals surface area contributed by atoms with Gasteiger partial charge in [0.2, 0.25) is 0 Å². The Bertz CT molecular complexity index is 428. The molecular formula is C11H15BrN2O4. The summed E-state index contributed by atoms with van der Waals surface area (Å²) in [5.41, 5.74) is 0.454. The Morgan fingerprint density at radius 1 is 1.61 bits per heavy atom. The maximum absolute atomic E-state index is 10.9. The molecule has 1 atom stereocenters. The van der Waals surface area contributed by atoms with Crippen molar-refractivity contribution in [3.05, 3.63) is 32.8 Å². The van der Waals surface area contributed by atoms with E-state index in [1.54, 1.807) is 24.1 Å². The van der Waals surface area contributed by atoms with E-state index in [0.29, 0.717) is 5.69 Å². The van der Waals surface area contributed by atoms with Crippen molar-refractivity contribution in [3.8, 4) is 0 Å². The number of nitro benzene ring substituents is 1. The van der Waals surface area contributed by atoms with Crippen LogP contribution in [0.1, 0.15) is 0 Å². The van der Waals surface area contributed by atoms with Crippen LogP contribution in [0.4, 0.5) is 11.4 Å². The Balaban J connectivity index is 2.93. The Kier molecular flexibility index (Phi) is 5.52. The number of methoxy groups -OCH3 is 1. The number of hydrogen-bond donors (Lipinski definition) is 1. The molecule has 0 saturated carbocycles. The molecule has 1 N–H and O–H groups in total. The summed E-state index contributed by atoms with van der Waals surface area (Å²) in [4.78, 5) is 12.1. The highest BCUT2D eigenvalue weighted by molar-refractivity contribution is 9.10. The zero-order chi connectivity index (χ0) is 13.7. The summed E-state index contributed by atoms with van der Waals surface area (Å²) in [6, 6.07) is 4.69. The lowest BCUT2D eigenvalue weighted by Gasteiger charge is -2.22. The number of hydrogen-bond acceptors (Lipinski definition) is 5. The molecule has 7 heteroatoms. The highest BCUT2D eigenvalue weighted by Crippen LogP contribution is 2.30. The van der Waals surface area contributed by atoms with Crippen LogP contribution in [0.2, 0.25) is 0 Å². The van der Waals surface area contributed by atoms with Gasteiger partial charge >= 0.3 is 0 Å². The molecule has 1 unspecified atom stereocenters. The van der Waals surface area contributed by atoms with E-state index >= 15 is 0 Å². The molecule has 1 rings (SSSR count). The summed E-state index contributed by atoms with van der Waals surface area (Å²) >= 11 is 3.27. The quantitative estimate of drug-likeness (QED) is 0.639. The second-order valence-corrected chi connectivity index (χ2v) is 4.80. The number of likely N-dealkylation sites (N-methyl/N-ethyl adjacent to an activating group) is 1. The van der Waals surface area contributed by atoms with E-state index in [4.69, 9.17) is 4.74 Å². The molecule has 0 bridgehead atoms. The molecule has 6 nitrogen and oxygen atoms in total. The molecule has 0 amide bonds. The van der Waals surface area contributed by atoms with Crippen LogP contribution in [0.3, 0.4) is 0 Å². The van der Waals surface area contributed by atoms with Crippen molar-refractivity contribution in [1.82, 2.24) is 0 Å². The van der Waals surface area contributed by atoms with Gasteiger partial charge in [-0.25, -0.2) is 0 Å². The Morgan fingerprint density at radius 3 is 2.83 bits per heavy atom. The first-order chi connectivity index (χ1) is 8.45. The predicted molar refractivity (Wildman–Crippen MR) is 71.9 cm³/mol. The fraction of sp³-hybridized carbons (Fsp3) is 0.455. The first kappa shape index (κ1) is 14.9. The molecule has 0 aromatic heterocycles. The van der Waals surface area contributed by atoms with Crippen LogP contribution in [0, 0.1) is 10.1 Å². The lowest BCUT2D eigenvalue weighted by Crippen LogP contribution is -2.32. The predicted octanol–water partition coefficient (Wildman–Crippen LogP) is 1.80.